The van der Waals surface area contributed by atoms with E-state index >= 15 is 0 Å². The SMILES string of the molecule is CCCCCCCCOC(=O)c1ccc(CCCC)cc1. The molecule has 118 valence electrons. The Balaban J connectivity index is 2.19. The van der Waals surface area contributed by atoms with Crippen LogP contribution in [0.3, 0.4) is 0 Å². The lowest BCUT2D eigenvalue weighted by atomic mass is 10.1. The molecular weight excluding hydrogens is 260 g/mol. The second-order valence-corrected chi connectivity index (χ2v) is 5.70. The van der Waals surface area contributed by atoms with E-state index in [0.29, 0.717) is 12.2 Å². The molecule has 0 fully saturated rings. The van der Waals surface area contributed by atoms with Gasteiger partial charge in [-0.3, -0.25) is 0 Å². The summed E-state index contributed by atoms with van der Waals surface area (Å²) in [6.07, 6.45) is 10.7. The lowest BCUT2D eigenvalue weighted by molar-refractivity contribution is 0.0497. The summed E-state index contributed by atoms with van der Waals surface area (Å²) in [6.45, 7) is 4.95. The summed E-state index contributed by atoms with van der Waals surface area (Å²) >= 11 is 0. The van der Waals surface area contributed by atoms with Crippen LogP contribution in [0.25, 0.3) is 0 Å². The van der Waals surface area contributed by atoms with Crippen LogP contribution >= 0.6 is 0 Å². The standard InChI is InChI=1S/C19H30O2/c1-3-5-7-8-9-10-16-21-19(20)18-14-12-17(13-15-18)11-6-4-2/h12-15H,3-11,16H2,1-2H3. The van der Waals surface area contributed by atoms with Crippen LogP contribution in [0.2, 0.25) is 0 Å². The molecule has 2 heteroatoms. The molecule has 0 aliphatic heterocycles. The number of carbonyl (C=O) groups is 1. The Morgan fingerprint density at radius 3 is 2.14 bits per heavy atom. The summed E-state index contributed by atoms with van der Waals surface area (Å²) in [5, 5.41) is 0. The first-order valence-electron chi connectivity index (χ1n) is 8.54. The van der Waals surface area contributed by atoms with Gasteiger partial charge in [0.05, 0.1) is 12.2 Å². The number of hydrogen-bond donors (Lipinski definition) is 0. The Labute approximate surface area is 129 Å². The Morgan fingerprint density at radius 2 is 1.48 bits per heavy atom. The van der Waals surface area contributed by atoms with Crippen molar-refractivity contribution in [3.05, 3.63) is 35.4 Å². The van der Waals surface area contributed by atoms with E-state index in [9.17, 15) is 4.79 Å². The van der Waals surface area contributed by atoms with Crippen molar-refractivity contribution in [1.82, 2.24) is 0 Å². The van der Waals surface area contributed by atoms with Crippen LogP contribution in [0, 0.1) is 0 Å². The number of carbonyl (C=O) groups excluding carboxylic acids is 1. The first-order valence-corrected chi connectivity index (χ1v) is 8.54. The molecule has 1 rings (SSSR count). The largest absolute Gasteiger partial charge is 0.462 e. The van der Waals surface area contributed by atoms with E-state index in [4.69, 9.17) is 4.74 Å². The fourth-order valence-electron chi connectivity index (χ4n) is 2.32. The van der Waals surface area contributed by atoms with Gasteiger partial charge in [-0.05, 0) is 37.0 Å². The molecule has 2 nitrogen and oxygen atoms in total. The average molecular weight is 290 g/mol. The quantitative estimate of drug-likeness (QED) is 0.394. The second kappa shape index (κ2) is 11.4. The van der Waals surface area contributed by atoms with Gasteiger partial charge in [-0.25, -0.2) is 4.79 Å². The smallest absolute Gasteiger partial charge is 0.338 e. The van der Waals surface area contributed by atoms with Gasteiger partial charge in [0.15, 0.2) is 0 Å². The molecule has 21 heavy (non-hydrogen) atoms. The van der Waals surface area contributed by atoms with Gasteiger partial charge < -0.3 is 4.74 Å². The lowest BCUT2D eigenvalue weighted by Crippen LogP contribution is -2.06. The van der Waals surface area contributed by atoms with Crippen molar-refractivity contribution in [2.45, 2.75) is 71.6 Å². The Bertz CT molecular complexity index is 381. The number of rotatable bonds is 11. The molecule has 0 N–H and O–H groups in total. The van der Waals surface area contributed by atoms with Crippen molar-refractivity contribution in [1.29, 1.82) is 0 Å². The fourth-order valence-corrected chi connectivity index (χ4v) is 2.32. The molecule has 0 amide bonds. The lowest BCUT2D eigenvalue weighted by Gasteiger charge is -2.06. The van der Waals surface area contributed by atoms with E-state index < -0.39 is 0 Å². The minimum absolute atomic E-state index is 0.189. The summed E-state index contributed by atoms with van der Waals surface area (Å²) in [5.74, 6) is -0.189. The van der Waals surface area contributed by atoms with Crippen molar-refractivity contribution in [3.63, 3.8) is 0 Å². The Kier molecular flexibility index (Phi) is 9.60. The fraction of sp³-hybridized carbons (Fsp3) is 0.632. The number of esters is 1. The monoisotopic (exact) mass is 290 g/mol. The predicted molar refractivity (Wildman–Crippen MR) is 88.7 cm³/mol. The first kappa shape index (κ1) is 17.7. The third-order valence-corrected chi connectivity index (χ3v) is 3.74. The van der Waals surface area contributed by atoms with Gasteiger partial charge in [0.25, 0.3) is 0 Å². The molecule has 0 saturated carbocycles. The normalized spacial score (nSPS) is 10.6. The maximum Gasteiger partial charge on any atom is 0.338 e. The van der Waals surface area contributed by atoms with E-state index in [2.05, 4.69) is 13.8 Å². The molecule has 0 aliphatic carbocycles. The second-order valence-electron chi connectivity index (χ2n) is 5.70. The third-order valence-electron chi connectivity index (χ3n) is 3.74. The van der Waals surface area contributed by atoms with Gasteiger partial charge >= 0.3 is 5.97 Å². The summed E-state index contributed by atoms with van der Waals surface area (Å²) in [7, 11) is 0. The molecule has 0 aliphatic rings. The van der Waals surface area contributed by atoms with Gasteiger partial charge in [-0.15, -0.1) is 0 Å². The van der Waals surface area contributed by atoms with E-state index in [1.54, 1.807) is 0 Å². The van der Waals surface area contributed by atoms with E-state index in [-0.39, 0.29) is 5.97 Å². The number of aryl methyl sites for hydroxylation is 1. The molecular formula is C19H30O2. The van der Waals surface area contributed by atoms with Gasteiger partial charge in [0.2, 0.25) is 0 Å². The average Bonchev–Trinajstić information content (AvgIpc) is 2.52. The summed E-state index contributed by atoms with van der Waals surface area (Å²) < 4.78 is 5.32. The summed E-state index contributed by atoms with van der Waals surface area (Å²) in [6, 6.07) is 7.84. The van der Waals surface area contributed by atoms with E-state index in [0.717, 1.165) is 19.3 Å². The highest BCUT2D eigenvalue weighted by Crippen LogP contribution is 2.10. The summed E-state index contributed by atoms with van der Waals surface area (Å²) in [4.78, 5) is 11.9. The Morgan fingerprint density at radius 1 is 0.857 bits per heavy atom. The van der Waals surface area contributed by atoms with Crippen molar-refractivity contribution in [2.24, 2.45) is 0 Å². The van der Waals surface area contributed by atoms with Gasteiger partial charge in [0, 0.05) is 0 Å². The van der Waals surface area contributed by atoms with Crippen LogP contribution in [-0.4, -0.2) is 12.6 Å². The zero-order chi connectivity index (χ0) is 15.3. The number of ether oxygens (including phenoxy) is 1. The topological polar surface area (TPSA) is 26.3 Å². The molecule has 0 atom stereocenters. The molecule has 1 aromatic carbocycles. The number of benzene rings is 1. The van der Waals surface area contributed by atoms with E-state index in [1.165, 1.54) is 44.1 Å². The predicted octanol–water partition coefficient (Wildman–Crippen LogP) is 5.55. The molecule has 0 unspecified atom stereocenters. The Hall–Kier alpha value is -1.31. The van der Waals surface area contributed by atoms with Crippen LogP contribution < -0.4 is 0 Å². The highest BCUT2D eigenvalue weighted by molar-refractivity contribution is 5.89. The van der Waals surface area contributed by atoms with E-state index in [1.807, 2.05) is 24.3 Å². The molecule has 1 aromatic rings. The maximum atomic E-state index is 11.9. The highest BCUT2D eigenvalue weighted by Gasteiger charge is 2.06. The molecule has 0 aromatic heterocycles. The molecule has 0 saturated heterocycles. The first-order chi connectivity index (χ1) is 10.3. The maximum absolute atomic E-state index is 11.9. The molecule has 0 bridgehead atoms. The summed E-state index contributed by atoms with van der Waals surface area (Å²) in [5.41, 5.74) is 1.96. The highest BCUT2D eigenvalue weighted by atomic mass is 16.5. The molecule has 0 spiro atoms. The van der Waals surface area contributed by atoms with Crippen LogP contribution in [0.1, 0.15) is 81.1 Å². The van der Waals surface area contributed by atoms with Gasteiger partial charge in [-0.2, -0.15) is 0 Å². The van der Waals surface area contributed by atoms with Crippen molar-refractivity contribution < 1.29 is 9.53 Å². The van der Waals surface area contributed by atoms with Crippen LogP contribution in [0.4, 0.5) is 0 Å². The zero-order valence-corrected chi connectivity index (χ0v) is 13.7. The van der Waals surface area contributed by atoms with Crippen LogP contribution in [0.15, 0.2) is 24.3 Å². The van der Waals surface area contributed by atoms with Gasteiger partial charge in [0.1, 0.15) is 0 Å². The van der Waals surface area contributed by atoms with Crippen molar-refractivity contribution in [2.75, 3.05) is 6.61 Å². The zero-order valence-electron chi connectivity index (χ0n) is 13.7. The number of unbranched alkanes of at least 4 members (excludes halogenated alkanes) is 6. The van der Waals surface area contributed by atoms with Crippen molar-refractivity contribution in [3.8, 4) is 0 Å². The minimum atomic E-state index is -0.189. The number of hydrogen-bond acceptors (Lipinski definition) is 2. The third kappa shape index (κ3) is 7.89. The molecule has 0 radical (unpaired) electrons. The van der Waals surface area contributed by atoms with Crippen molar-refractivity contribution >= 4 is 5.97 Å². The minimum Gasteiger partial charge on any atom is -0.462 e. The molecule has 0 heterocycles. The van der Waals surface area contributed by atoms with Crippen LogP contribution in [-0.2, 0) is 11.2 Å². The van der Waals surface area contributed by atoms with Crippen LogP contribution in [0.5, 0.6) is 0 Å². The van der Waals surface area contributed by atoms with Gasteiger partial charge in [-0.1, -0.05) is 64.5 Å².